The van der Waals surface area contributed by atoms with E-state index in [1.807, 2.05) is 0 Å². The van der Waals surface area contributed by atoms with E-state index in [1.54, 1.807) is 29.2 Å². The zero-order chi connectivity index (χ0) is 14.5. The number of rotatable bonds is 4. The van der Waals surface area contributed by atoms with Crippen LogP contribution in [-0.4, -0.2) is 36.1 Å². The lowest BCUT2D eigenvalue weighted by Gasteiger charge is -2.31. The molecule has 0 aromatic heterocycles. The van der Waals surface area contributed by atoms with Crippen LogP contribution >= 0.6 is 11.6 Å². The monoisotopic (exact) mass is 296 g/mol. The minimum atomic E-state index is -0.912. The molecule has 0 bridgehead atoms. The van der Waals surface area contributed by atoms with Crippen LogP contribution in [0.4, 0.5) is 5.69 Å². The summed E-state index contributed by atoms with van der Waals surface area (Å²) in [4.78, 5) is 24.5. The van der Waals surface area contributed by atoms with Crippen molar-refractivity contribution in [1.29, 1.82) is 0 Å². The van der Waals surface area contributed by atoms with Crippen molar-refractivity contribution in [1.82, 2.24) is 5.32 Å². The molecule has 1 aliphatic heterocycles. The van der Waals surface area contributed by atoms with Gasteiger partial charge in [-0.3, -0.25) is 9.59 Å². The fraction of sp³-hybridized carbons (Fsp3) is 0.429. The first-order valence-electron chi connectivity index (χ1n) is 6.57. The maximum absolute atomic E-state index is 11.7. The lowest BCUT2D eigenvalue weighted by Crippen LogP contribution is -2.40. The van der Waals surface area contributed by atoms with Gasteiger partial charge in [0.25, 0.3) is 0 Å². The number of carboxylic acids is 1. The lowest BCUT2D eigenvalue weighted by molar-refractivity contribution is -0.135. The third-order valence-corrected chi connectivity index (χ3v) is 3.61. The average Bonchev–Trinajstić information content (AvgIpc) is 2.61. The Bertz CT molecular complexity index is 490. The van der Waals surface area contributed by atoms with E-state index >= 15 is 0 Å². The van der Waals surface area contributed by atoms with Crippen molar-refractivity contribution in [2.45, 2.75) is 25.3 Å². The molecule has 20 heavy (non-hydrogen) atoms. The maximum Gasteiger partial charge on any atom is 0.323 e. The lowest BCUT2D eigenvalue weighted by atomic mass is 10.1. The van der Waals surface area contributed by atoms with E-state index in [-0.39, 0.29) is 18.5 Å². The first kappa shape index (κ1) is 14.7. The number of carboxylic acid groups (broad SMARTS) is 1. The van der Waals surface area contributed by atoms with E-state index in [0.29, 0.717) is 18.0 Å². The standard InChI is InChI=1S/C14H17ClN2O3/c15-10-3-5-11(6-4-10)17(9-14(19)20)12-2-1-7-16-13(18)8-12/h3-6,12H,1-2,7-9H2,(H,16,18)(H,19,20). The van der Waals surface area contributed by atoms with Crippen molar-refractivity contribution in [3.05, 3.63) is 29.3 Å². The topological polar surface area (TPSA) is 69.6 Å². The quantitative estimate of drug-likeness (QED) is 0.890. The summed E-state index contributed by atoms with van der Waals surface area (Å²) in [5, 5.41) is 12.5. The predicted octanol–water partition coefficient (Wildman–Crippen LogP) is 1.90. The number of carbonyl (C=O) groups excluding carboxylic acids is 1. The summed E-state index contributed by atoms with van der Waals surface area (Å²) in [6.45, 7) is 0.524. The smallest absolute Gasteiger partial charge is 0.323 e. The molecule has 1 fully saturated rings. The molecule has 1 aromatic rings. The summed E-state index contributed by atoms with van der Waals surface area (Å²) in [5.74, 6) is -0.943. The summed E-state index contributed by atoms with van der Waals surface area (Å²) in [7, 11) is 0. The Balaban J connectivity index is 2.23. The zero-order valence-corrected chi connectivity index (χ0v) is 11.8. The van der Waals surface area contributed by atoms with Gasteiger partial charge in [-0.15, -0.1) is 0 Å². The Kier molecular flexibility index (Phi) is 4.84. The maximum atomic E-state index is 11.7. The summed E-state index contributed by atoms with van der Waals surface area (Å²) >= 11 is 5.86. The predicted molar refractivity (Wildman–Crippen MR) is 77.1 cm³/mol. The number of hydrogen-bond donors (Lipinski definition) is 2. The summed E-state index contributed by atoms with van der Waals surface area (Å²) in [6.07, 6.45) is 1.95. The van der Waals surface area contributed by atoms with E-state index < -0.39 is 5.97 Å². The van der Waals surface area contributed by atoms with Crippen LogP contribution in [0, 0.1) is 0 Å². The Labute approximate surface area is 122 Å². The molecule has 1 amide bonds. The average molecular weight is 297 g/mol. The van der Waals surface area contributed by atoms with Crippen molar-refractivity contribution in [2.24, 2.45) is 0 Å². The Morgan fingerprint density at radius 3 is 2.75 bits per heavy atom. The van der Waals surface area contributed by atoms with Crippen LogP contribution in [0.1, 0.15) is 19.3 Å². The first-order valence-corrected chi connectivity index (χ1v) is 6.95. The van der Waals surface area contributed by atoms with E-state index in [2.05, 4.69) is 5.32 Å². The van der Waals surface area contributed by atoms with Gasteiger partial charge in [-0.25, -0.2) is 0 Å². The van der Waals surface area contributed by atoms with E-state index in [1.165, 1.54) is 0 Å². The van der Waals surface area contributed by atoms with Crippen LogP contribution in [-0.2, 0) is 9.59 Å². The highest BCUT2D eigenvalue weighted by molar-refractivity contribution is 6.30. The first-order chi connectivity index (χ1) is 9.56. The molecule has 2 rings (SSSR count). The SMILES string of the molecule is O=C(O)CN(c1ccc(Cl)cc1)C1CCCNC(=O)C1. The Hall–Kier alpha value is -1.75. The van der Waals surface area contributed by atoms with Gasteiger partial charge < -0.3 is 15.3 Å². The van der Waals surface area contributed by atoms with E-state index in [4.69, 9.17) is 16.7 Å². The minimum absolute atomic E-state index is 0.0307. The van der Waals surface area contributed by atoms with Gasteiger partial charge in [0.2, 0.25) is 5.91 Å². The number of aliphatic carboxylic acids is 1. The molecule has 108 valence electrons. The van der Waals surface area contributed by atoms with Gasteiger partial charge in [0.05, 0.1) is 0 Å². The molecule has 0 spiro atoms. The third kappa shape index (κ3) is 3.87. The van der Waals surface area contributed by atoms with Crippen molar-refractivity contribution >= 4 is 29.2 Å². The van der Waals surface area contributed by atoms with Crippen molar-refractivity contribution in [3.63, 3.8) is 0 Å². The second-order valence-electron chi connectivity index (χ2n) is 4.85. The molecule has 1 heterocycles. The van der Waals surface area contributed by atoms with Gasteiger partial charge in [-0.05, 0) is 37.1 Å². The molecule has 6 heteroatoms. The largest absolute Gasteiger partial charge is 0.480 e. The molecule has 0 saturated carbocycles. The van der Waals surface area contributed by atoms with Gasteiger partial charge in [-0.2, -0.15) is 0 Å². The van der Waals surface area contributed by atoms with Crippen LogP contribution < -0.4 is 10.2 Å². The van der Waals surface area contributed by atoms with Crippen LogP contribution in [0.3, 0.4) is 0 Å². The van der Waals surface area contributed by atoms with Crippen LogP contribution in [0.5, 0.6) is 0 Å². The van der Waals surface area contributed by atoms with E-state index in [0.717, 1.165) is 18.5 Å². The van der Waals surface area contributed by atoms with Gasteiger partial charge in [0.1, 0.15) is 6.54 Å². The highest BCUT2D eigenvalue weighted by Gasteiger charge is 2.25. The molecule has 1 atom stereocenters. The van der Waals surface area contributed by atoms with Crippen LogP contribution in [0.2, 0.25) is 5.02 Å². The fourth-order valence-electron chi connectivity index (χ4n) is 2.43. The second-order valence-corrected chi connectivity index (χ2v) is 5.28. The fourth-order valence-corrected chi connectivity index (χ4v) is 2.56. The summed E-state index contributed by atoms with van der Waals surface area (Å²) < 4.78 is 0. The van der Waals surface area contributed by atoms with Crippen LogP contribution in [0.15, 0.2) is 24.3 Å². The number of amides is 1. The van der Waals surface area contributed by atoms with Crippen molar-refractivity contribution in [2.75, 3.05) is 18.0 Å². The minimum Gasteiger partial charge on any atom is -0.480 e. The molecule has 1 unspecified atom stereocenters. The zero-order valence-electron chi connectivity index (χ0n) is 11.0. The number of carbonyl (C=O) groups is 2. The Morgan fingerprint density at radius 2 is 2.10 bits per heavy atom. The molecular formula is C14H17ClN2O3. The number of anilines is 1. The Morgan fingerprint density at radius 1 is 1.40 bits per heavy atom. The molecule has 2 N–H and O–H groups in total. The molecule has 1 aromatic carbocycles. The van der Waals surface area contributed by atoms with Gasteiger partial charge >= 0.3 is 5.97 Å². The summed E-state index contributed by atoms with van der Waals surface area (Å²) in [6, 6.07) is 6.92. The van der Waals surface area contributed by atoms with Gasteiger partial charge in [0.15, 0.2) is 0 Å². The highest BCUT2D eigenvalue weighted by Crippen LogP contribution is 2.24. The second kappa shape index (κ2) is 6.61. The van der Waals surface area contributed by atoms with Gasteiger partial charge in [0, 0.05) is 29.7 Å². The molecule has 0 radical (unpaired) electrons. The number of halogens is 1. The number of hydrogen-bond acceptors (Lipinski definition) is 3. The molecule has 5 nitrogen and oxygen atoms in total. The molecule has 0 aliphatic carbocycles. The highest BCUT2D eigenvalue weighted by atomic mass is 35.5. The normalized spacial score (nSPS) is 19.1. The van der Waals surface area contributed by atoms with Crippen molar-refractivity contribution < 1.29 is 14.7 Å². The van der Waals surface area contributed by atoms with Crippen LogP contribution in [0.25, 0.3) is 0 Å². The third-order valence-electron chi connectivity index (χ3n) is 3.36. The van der Waals surface area contributed by atoms with Crippen molar-refractivity contribution in [3.8, 4) is 0 Å². The molecular weight excluding hydrogens is 280 g/mol. The number of benzene rings is 1. The number of nitrogens with zero attached hydrogens (tertiary/aromatic N) is 1. The number of nitrogens with one attached hydrogen (secondary N) is 1. The van der Waals surface area contributed by atoms with E-state index in [9.17, 15) is 9.59 Å². The summed E-state index contributed by atoms with van der Waals surface area (Å²) in [5.41, 5.74) is 0.775. The molecule has 1 aliphatic rings. The van der Waals surface area contributed by atoms with Gasteiger partial charge in [-0.1, -0.05) is 11.6 Å². The molecule has 1 saturated heterocycles.